The number of hydrogen-bond donors (Lipinski definition) is 2. The van der Waals surface area contributed by atoms with Crippen LogP contribution in [0.3, 0.4) is 0 Å². The molecule has 0 spiro atoms. The molecule has 4 heteroatoms. The standard InChI is InChI=1S/C13H14BrNOS/c14-13-6-5-12(17-13)9-15-8-7-10-1-3-11(16)4-2-10/h1-6,15-16H,7-9H2. The van der Waals surface area contributed by atoms with Crippen molar-refractivity contribution in [3.8, 4) is 5.75 Å². The molecule has 2 aromatic rings. The summed E-state index contributed by atoms with van der Waals surface area (Å²) >= 11 is 5.21. The summed E-state index contributed by atoms with van der Waals surface area (Å²) in [5.41, 5.74) is 1.24. The third kappa shape index (κ3) is 4.15. The van der Waals surface area contributed by atoms with Gasteiger partial charge >= 0.3 is 0 Å². The van der Waals surface area contributed by atoms with Crippen molar-refractivity contribution in [1.82, 2.24) is 5.32 Å². The molecule has 1 aromatic heterocycles. The average molecular weight is 312 g/mol. The second-order valence-electron chi connectivity index (χ2n) is 3.80. The predicted molar refractivity (Wildman–Crippen MR) is 75.5 cm³/mol. The largest absolute Gasteiger partial charge is 0.508 e. The van der Waals surface area contributed by atoms with Crippen LogP contribution in [-0.2, 0) is 13.0 Å². The van der Waals surface area contributed by atoms with Crippen LogP contribution in [-0.4, -0.2) is 11.7 Å². The van der Waals surface area contributed by atoms with Gasteiger partial charge in [0.1, 0.15) is 5.75 Å². The lowest BCUT2D eigenvalue weighted by Gasteiger charge is -2.03. The molecular formula is C13H14BrNOS. The first kappa shape index (κ1) is 12.6. The van der Waals surface area contributed by atoms with Gasteiger partial charge in [0.25, 0.3) is 0 Å². The van der Waals surface area contributed by atoms with E-state index in [-0.39, 0.29) is 0 Å². The van der Waals surface area contributed by atoms with E-state index in [0.29, 0.717) is 5.75 Å². The number of aromatic hydroxyl groups is 1. The molecule has 1 heterocycles. The lowest BCUT2D eigenvalue weighted by molar-refractivity contribution is 0.475. The topological polar surface area (TPSA) is 32.3 Å². The Bertz CT molecular complexity index is 467. The Morgan fingerprint density at radius 1 is 1.12 bits per heavy atom. The van der Waals surface area contributed by atoms with Crippen molar-refractivity contribution < 1.29 is 5.11 Å². The molecule has 0 saturated carbocycles. The quantitative estimate of drug-likeness (QED) is 0.828. The van der Waals surface area contributed by atoms with Gasteiger partial charge in [0.2, 0.25) is 0 Å². The van der Waals surface area contributed by atoms with Crippen LogP contribution in [0.5, 0.6) is 5.75 Å². The van der Waals surface area contributed by atoms with Gasteiger partial charge in [0.15, 0.2) is 0 Å². The smallest absolute Gasteiger partial charge is 0.115 e. The normalized spacial score (nSPS) is 10.6. The Hall–Kier alpha value is -0.840. The molecule has 0 saturated heterocycles. The maximum absolute atomic E-state index is 9.16. The van der Waals surface area contributed by atoms with Gasteiger partial charge in [-0.15, -0.1) is 11.3 Å². The van der Waals surface area contributed by atoms with E-state index in [0.717, 1.165) is 19.5 Å². The van der Waals surface area contributed by atoms with Crippen LogP contribution >= 0.6 is 27.3 Å². The first-order chi connectivity index (χ1) is 8.24. The number of phenolic OH excluding ortho intramolecular Hbond substituents is 1. The fraction of sp³-hybridized carbons (Fsp3) is 0.231. The summed E-state index contributed by atoms with van der Waals surface area (Å²) in [6.07, 6.45) is 0.979. The minimum Gasteiger partial charge on any atom is -0.508 e. The average Bonchev–Trinajstić information content (AvgIpc) is 2.73. The van der Waals surface area contributed by atoms with E-state index in [1.165, 1.54) is 14.2 Å². The fourth-order valence-electron chi connectivity index (χ4n) is 1.55. The van der Waals surface area contributed by atoms with Crippen molar-refractivity contribution in [3.05, 3.63) is 50.6 Å². The molecule has 0 amide bonds. The first-order valence-corrected chi connectivity index (χ1v) is 7.08. The van der Waals surface area contributed by atoms with E-state index in [2.05, 4.69) is 33.4 Å². The van der Waals surface area contributed by atoms with Crippen LogP contribution < -0.4 is 5.32 Å². The Labute approximate surface area is 113 Å². The van der Waals surface area contributed by atoms with Crippen LogP contribution in [0.15, 0.2) is 40.2 Å². The second kappa shape index (κ2) is 6.19. The van der Waals surface area contributed by atoms with Crippen molar-refractivity contribution in [2.45, 2.75) is 13.0 Å². The van der Waals surface area contributed by atoms with E-state index >= 15 is 0 Å². The summed E-state index contributed by atoms with van der Waals surface area (Å²) < 4.78 is 1.17. The number of halogens is 1. The molecule has 0 aliphatic heterocycles. The number of nitrogens with one attached hydrogen (secondary N) is 1. The van der Waals surface area contributed by atoms with Crippen molar-refractivity contribution >= 4 is 27.3 Å². The number of phenols is 1. The first-order valence-electron chi connectivity index (χ1n) is 5.47. The molecule has 2 rings (SSSR count). The highest BCUT2D eigenvalue weighted by atomic mass is 79.9. The molecule has 0 fully saturated rings. The summed E-state index contributed by atoms with van der Waals surface area (Å²) in [7, 11) is 0. The van der Waals surface area contributed by atoms with Gasteiger partial charge in [-0.25, -0.2) is 0 Å². The molecule has 1 aromatic carbocycles. The summed E-state index contributed by atoms with van der Waals surface area (Å²) in [4.78, 5) is 1.34. The molecule has 90 valence electrons. The Balaban J connectivity index is 1.71. The van der Waals surface area contributed by atoms with Gasteiger partial charge in [0.05, 0.1) is 3.79 Å². The van der Waals surface area contributed by atoms with Crippen molar-refractivity contribution in [2.24, 2.45) is 0 Å². The van der Waals surface area contributed by atoms with Crippen molar-refractivity contribution in [3.63, 3.8) is 0 Å². The van der Waals surface area contributed by atoms with Gasteiger partial charge in [0, 0.05) is 11.4 Å². The highest BCUT2D eigenvalue weighted by Crippen LogP contribution is 2.21. The number of hydrogen-bond acceptors (Lipinski definition) is 3. The van der Waals surface area contributed by atoms with E-state index in [1.807, 2.05) is 12.1 Å². The molecule has 0 bridgehead atoms. The summed E-state index contributed by atoms with van der Waals surface area (Å²) in [5.74, 6) is 0.324. The summed E-state index contributed by atoms with van der Waals surface area (Å²) in [6.45, 7) is 1.86. The maximum Gasteiger partial charge on any atom is 0.115 e. The third-order valence-corrected chi connectivity index (χ3v) is 4.08. The highest BCUT2D eigenvalue weighted by molar-refractivity contribution is 9.11. The second-order valence-corrected chi connectivity index (χ2v) is 6.35. The van der Waals surface area contributed by atoms with Gasteiger partial charge in [-0.1, -0.05) is 12.1 Å². The van der Waals surface area contributed by atoms with Crippen molar-refractivity contribution in [1.29, 1.82) is 0 Å². The Kier molecular flexibility index (Phi) is 4.59. The van der Waals surface area contributed by atoms with E-state index in [9.17, 15) is 0 Å². The van der Waals surface area contributed by atoms with Gasteiger partial charge in [-0.3, -0.25) is 0 Å². The van der Waals surface area contributed by atoms with Gasteiger partial charge in [-0.2, -0.15) is 0 Å². The van der Waals surface area contributed by atoms with Crippen LogP contribution in [0.25, 0.3) is 0 Å². The lowest BCUT2D eigenvalue weighted by Crippen LogP contribution is -2.15. The molecule has 0 radical (unpaired) electrons. The van der Waals surface area contributed by atoms with Crippen LogP contribution in [0.1, 0.15) is 10.4 Å². The van der Waals surface area contributed by atoms with Crippen molar-refractivity contribution in [2.75, 3.05) is 6.54 Å². The molecular weight excluding hydrogens is 298 g/mol. The van der Waals surface area contributed by atoms with E-state index in [4.69, 9.17) is 5.11 Å². The zero-order chi connectivity index (χ0) is 12.1. The lowest BCUT2D eigenvalue weighted by atomic mass is 10.1. The summed E-state index contributed by atoms with van der Waals surface area (Å²) in [5, 5.41) is 12.6. The molecule has 2 nitrogen and oxygen atoms in total. The van der Waals surface area contributed by atoms with E-state index in [1.54, 1.807) is 23.5 Å². The predicted octanol–water partition coefficient (Wildman–Crippen LogP) is 3.55. The highest BCUT2D eigenvalue weighted by Gasteiger charge is 1.97. The molecule has 0 aliphatic rings. The number of benzene rings is 1. The van der Waals surface area contributed by atoms with Crippen LogP contribution in [0.2, 0.25) is 0 Å². The zero-order valence-corrected chi connectivity index (χ0v) is 11.7. The van der Waals surface area contributed by atoms with Crippen LogP contribution in [0, 0.1) is 0 Å². The number of rotatable bonds is 5. The monoisotopic (exact) mass is 311 g/mol. The van der Waals surface area contributed by atoms with Gasteiger partial charge < -0.3 is 10.4 Å². The molecule has 0 unspecified atom stereocenters. The minimum absolute atomic E-state index is 0.324. The molecule has 17 heavy (non-hydrogen) atoms. The maximum atomic E-state index is 9.16. The molecule has 2 N–H and O–H groups in total. The Morgan fingerprint density at radius 2 is 1.88 bits per heavy atom. The van der Waals surface area contributed by atoms with Crippen LogP contribution in [0.4, 0.5) is 0 Å². The fourth-order valence-corrected chi connectivity index (χ4v) is 3.01. The molecule has 0 atom stereocenters. The Morgan fingerprint density at radius 3 is 2.53 bits per heavy atom. The zero-order valence-electron chi connectivity index (χ0n) is 9.32. The molecule has 0 aliphatic carbocycles. The SMILES string of the molecule is Oc1ccc(CCNCc2ccc(Br)s2)cc1. The number of thiophene rings is 1. The summed E-state index contributed by atoms with van der Waals surface area (Å²) in [6, 6.07) is 11.6. The van der Waals surface area contributed by atoms with E-state index < -0.39 is 0 Å². The third-order valence-electron chi connectivity index (χ3n) is 2.45. The minimum atomic E-state index is 0.324. The van der Waals surface area contributed by atoms with Gasteiger partial charge in [-0.05, 0) is 58.7 Å².